The number of hydrogen-bond acceptors (Lipinski definition) is 3. The highest BCUT2D eigenvalue weighted by molar-refractivity contribution is 5.77. The van der Waals surface area contributed by atoms with Crippen LogP contribution in [0.2, 0.25) is 0 Å². The van der Waals surface area contributed by atoms with Crippen LogP contribution in [-0.4, -0.2) is 21.7 Å². The third-order valence-corrected chi connectivity index (χ3v) is 3.68. The van der Waals surface area contributed by atoms with Crippen LogP contribution in [0.4, 0.5) is 0 Å². The lowest BCUT2D eigenvalue weighted by Crippen LogP contribution is -2.35. The van der Waals surface area contributed by atoms with E-state index in [-0.39, 0.29) is 18.0 Å². The third-order valence-electron chi connectivity index (χ3n) is 3.68. The number of carbonyl (C=O) groups excluding carboxylic acids is 1. The molecule has 0 aromatic carbocycles. The Balaban J connectivity index is 2.01. The van der Waals surface area contributed by atoms with Crippen molar-refractivity contribution in [2.24, 2.45) is 12.8 Å². The molecule has 5 nitrogen and oxygen atoms in total. The molecule has 18 heavy (non-hydrogen) atoms. The average molecular weight is 250 g/mol. The maximum atomic E-state index is 11.9. The van der Waals surface area contributed by atoms with Gasteiger partial charge in [0, 0.05) is 30.8 Å². The number of nitrogens with one attached hydrogen (secondary N) is 1. The fourth-order valence-electron chi connectivity index (χ4n) is 2.49. The molecule has 1 aromatic rings. The Bertz CT molecular complexity index is 427. The van der Waals surface area contributed by atoms with E-state index in [1.165, 1.54) is 11.3 Å². The highest BCUT2D eigenvalue weighted by Gasteiger charge is 2.24. The molecule has 1 aromatic heterocycles. The van der Waals surface area contributed by atoms with E-state index in [1.807, 2.05) is 24.9 Å². The van der Waals surface area contributed by atoms with Gasteiger partial charge in [0.25, 0.3) is 0 Å². The Kier molecular flexibility index (Phi) is 4.01. The van der Waals surface area contributed by atoms with Gasteiger partial charge in [-0.1, -0.05) is 6.92 Å². The fraction of sp³-hybridized carbons (Fsp3) is 0.692. The molecule has 0 saturated heterocycles. The molecular formula is C13H22N4O. The summed E-state index contributed by atoms with van der Waals surface area (Å²) >= 11 is 0. The van der Waals surface area contributed by atoms with Gasteiger partial charge in [0.1, 0.15) is 0 Å². The van der Waals surface area contributed by atoms with Crippen LogP contribution in [-0.2, 0) is 18.3 Å². The summed E-state index contributed by atoms with van der Waals surface area (Å²) in [5.41, 5.74) is 8.21. The monoisotopic (exact) mass is 250 g/mol. The number of fused-ring (bicyclic) bond motifs is 1. The van der Waals surface area contributed by atoms with Crippen LogP contribution >= 0.6 is 0 Å². The summed E-state index contributed by atoms with van der Waals surface area (Å²) in [5.74, 6) is 0.0473. The Hall–Kier alpha value is -1.36. The van der Waals surface area contributed by atoms with Gasteiger partial charge in [-0.2, -0.15) is 5.10 Å². The molecule has 0 bridgehead atoms. The van der Waals surface area contributed by atoms with Crippen LogP contribution < -0.4 is 11.1 Å². The van der Waals surface area contributed by atoms with E-state index in [0.29, 0.717) is 6.42 Å². The molecule has 0 radical (unpaired) electrons. The van der Waals surface area contributed by atoms with Crippen molar-refractivity contribution in [1.82, 2.24) is 15.1 Å². The zero-order valence-corrected chi connectivity index (χ0v) is 11.1. The van der Waals surface area contributed by atoms with Crippen molar-refractivity contribution < 1.29 is 4.79 Å². The summed E-state index contributed by atoms with van der Waals surface area (Å²) in [6, 6.07) is 0.0703. The second-order valence-electron chi connectivity index (χ2n) is 5.05. The van der Waals surface area contributed by atoms with Gasteiger partial charge in [0.05, 0.1) is 12.2 Å². The normalized spacial score (nSPS) is 20.3. The minimum Gasteiger partial charge on any atom is -0.349 e. The molecule has 0 saturated carbocycles. The van der Waals surface area contributed by atoms with E-state index in [0.717, 1.165) is 25.7 Å². The molecule has 0 spiro atoms. The summed E-state index contributed by atoms with van der Waals surface area (Å²) in [7, 11) is 1.95. The number of aromatic nitrogens is 2. The van der Waals surface area contributed by atoms with E-state index in [9.17, 15) is 4.79 Å². The molecule has 2 rings (SSSR count). The van der Waals surface area contributed by atoms with Crippen LogP contribution in [0, 0.1) is 0 Å². The zero-order chi connectivity index (χ0) is 13.1. The van der Waals surface area contributed by atoms with E-state index in [1.54, 1.807) is 0 Å². The fourth-order valence-corrected chi connectivity index (χ4v) is 2.49. The molecule has 2 unspecified atom stereocenters. The average Bonchev–Trinajstić information content (AvgIpc) is 2.72. The standard InChI is InChI=1S/C13H22N4O/c1-3-9(14)7-13(18)16-11-5-4-6-12-10(11)8-15-17(12)2/h8-9,11H,3-7,14H2,1-2H3,(H,16,18). The second kappa shape index (κ2) is 5.52. The van der Waals surface area contributed by atoms with Gasteiger partial charge in [-0.25, -0.2) is 0 Å². The van der Waals surface area contributed by atoms with E-state index in [2.05, 4.69) is 10.4 Å². The van der Waals surface area contributed by atoms with E-state index >= 15 is 0 Å². The van der Waals surface area contributed by atoms with Crippen molar-refractivity contribution in [2.75, 3.05) is 0 Å². The largest absolute Gasteiger partial charge is 0.349 e. The Labute approximate surface area is 108 Å². The number of nitrogens with zero attached hydrogens (tertiary/aromatic N) is 2. The first-order valence-electron chi connectivity index (χ1n) is 6.67. The maximum Gasteiger partial charge on any atom is 0.222 e. The minimum absolute atomic E-state index is 0.0399. The highest BCUT2D eigenvalue weighted by Crippen LogP contribution is 2.29. The molecule has 3 N–H and O–H groups in total. The molecule has 0 fully saturated rings. The molecule has 2 atom stereocenters. The molecule has 1 aliphatic carbocycles. The molecule has 0 aliphatic heterocycles. The number of amides is 1. The van der Waals surface area contributed by atoms with E-state index < -0.39 is 0 Å². The van der Waals surface area contributed by atoms with Crippen LogP contribution in [0.1, 0.15) is 49.9 Å². The lowest BCUT2D eigenvalue weighted by Gasteiger charge is -2.24. The summed E-state index contributed by atoms with van der Waals surface area (Å²) in [6.45, 7) is 2.00. The van der Waals surface area contributed by atoms with Crippen LogP contribution in [0.15, 0.2) is 6.20 Å². The molecule has 1 amide bonds. The number of carbonyl (C=O) groups is 1. The van der Waals surface area contributed by atoms with Crippen molar-refractivity contribution in [2.45, 2.75) is 51.1 Å². The summed E-state index contributed by atoms with van der Waals surface area (Å²) in [4.78, 5) is 11.9. The van der Waals surface area contributed by atoms with Crippen molar-refractivity contribution in [3.8, 4) is 0 Å². The molecule has 1 aliphatic rings. The Morgan fingerprint density at radius 2 is 2.50 bits per heavy atom. The first-order valence-corrected chi connectivity index (χ1v) is 6.67. The Morgan fingerprint density at radius 3 is 3.22 bits per heavy atom. The second-order valence-corrected chi connectivity index (χ2v) is 5.05. The van der Waals surface area contributed by atoms with E-state index in [4.69, 9.17) is 5.73 Å². The summed E-state index contributed by atoms with van der Waals surface area (Å²) in [6.07, 6.45) is 6.24. The first-order chi connectivity index (χ1) is 8.61. The van der Waals surface area contributed by atoms with Gasteiger partial charge in [-0.15, -0.1) is 0 Å². The predicted octanol–water partition coefficient (Wildman–Crippen LogP) is 1.04. The van der Waals surface area contributed by atoms with Crippen molar-refractivity contribution in [3.63, 3.8) is 0 Å². The molecule has 5 heteroatoms. The highest BCUT2D eigenvalue weighted by atomic mass is 16.1. The van der Waals surface area contributed by atoms with Crippen molar-refractivity contribution in [1.29, 1.82) is 0 Å². The van der Waals surface area contributed by atoms with Gasteiger partial charge >= 0.3 is 0 Å². The summed E-state index contributed by atoms with van der Waals surface area (Å²) in [5, 5.41) is 7.35. The van der Waals surface area contributed by atoms with Crippen molar-refractivity contribution >= 4 is 5.91 Å². The molecular weight excluding hydrogens is 228 g/mol. The lowest BCUT2D eigenvalue weighted by molar-refractivity contribution is -0.122. The van der Waals surface area contributed by atoms with Crippen LogP contribution in [0.5, 0.6) is 0 Å². The quantitative estimate of drug-likeness (QED) is 0.838. The number of nitrogens with two attached hydrogens (primary N) is 1. The minimum atomic E-state index is -0.0399. The topological polar surface area (TPSA) is 72.9 Å². The smallest absolute Gasteiger partial charge is 0.222 e. The summed E-state index contributed by atoms with van der Waals surface area (Å²) < 4.78 is 1.91. The molecule has 1 heterocycles. The Morgan fingerprint density at radius 1 is 1.72 bits per heavy atom. The van der Waals surface area contributed by atoms with Crippen molar-refractivity contribution in [3.05, 3.63) is 17.5 Å². The maximum absolute atomic E-state index is 11.9. The zero-order valence-electron chi connectivity index (χ0n) is 11.1. The van der Waals surface area contributed by atoms with Gasteiger partial charge in [0.2, 0.25) is 5.91 Å². The number of hydrogen-bond donors (Lipinski definition) is 2. The number of aryl methyl sites for hydroxylation is 1. The first kappa shape index (κ1) is 13.1. The number of rotatable bonds is 4. The van der Waals surface area contributed by atoms with Gasteiger partial charge in [-0.3, -0.25) is 9.48 Å². The predicted molar refractivity (Wildman–Crippen MR) is 69.9 cm³/mol. The molecule has 100 valence electrons. The van der Waals surface area contributed by atoms with Crippen LogP contribution in [0.25, 0.3) is 0 Å². The van der Waals surface area contributed by atoms with Gasteiger partial charge in [0.15, 0.2) is 0 Å². The lowest BCUT2D eigenvalue weighted by atomic mass is 9.93. The van der Waals surface area contributed by atoms with Crippen LogP contribution in [0.3, 0.4) is 0 Å². The third kappa shape index (κ3) is 2.72. The van der Waals surface area contributed by atoms with Gasteiger partial charge in [-0.05, 0) is 25.7 Å². The SMILES string of the molecule is CCC(N)CC(=O)NC1CCCc2c1cnn2C. The van der Waals surface area contributed by atoms with Gasteiger partial charge < -0.3 is 11.1 Å².